The molecule has 0 heterocycles. The summed E-state index contributed by atoms with van der Waals surface area (Å²) in [7, 11) is 0. The largest absolute Gasteiger partial charge is 0.480 e. The van der Waals surface area contributed by atoms with Crippen LogP contribution in [0.15, 0.2) is 0 Å². The van der Waals surface area contributed by atoms with E-state index in [2.05, 4.69) is 17.2 Å². The highest BCUT2D eigenvalue weighted by Gasteiger charge is 2.07. The van der Waals surface area contributed by atoms with Gasteiger partial charge in [0.25, 0.3) is 0 Å². The van der Waals surface area contributed by atoms with E-state index < -0.39 is 12.0 Å². The van der Waals surface area contributed by atoms with Gasteiger partial charge in [0.05, 0.1) is 0 Å². The van der Waals surface area contributed by atoms with Crippen LogP contribution in [0.1, 0.15) is 20.3 Å². The number of carboxylic acid groups (broad SMARTS) is 1. The van der Waals surface area contributed by atoms with Gasteiger partial charge in [0.15, 0.2) is 0 Å². The molecule has 11 heavy (non-hydrogen) atoms. The minimum atomic E-state index is -0.825. The van der Waals surface area contributed by atoms with E-state index in [9.17, 15) is 4.79 Å². The van der Waals surface area contributed by atoms with Crippen molar-refractivity contribution in [3.8, 4) is 11.8 Å². The van der Waals surface area contributed by atoms with E-state index in [0.29, 0.717) is 13.0 Å². The van der Waals surface area contributed by atoms with Crippen molar-refractivity contribution >= 4 is 5.97 Å². The van der Waals surface area contributed by atoms with Gasteiger partial charge in [-0.2, -0.15) is 0 Å². The van der Waals surface area contributed by atoms with Crippen LogP contribution in [0.3, 0.4) is 0 Å². The number of hydrogen-bond acceptors (Lipinski definition) is 2. The molecule has 62 valence electrons. The van der Waals surface area contributed by atoms with Gasteiger partial charge in [-0.3, -0.25) is 4.79 Å². The molecule has 3 nitrogen and oxygen atoms in total. The first-order valence-corrected chi connectivity index (χ1v) is 3.54. The van der Waals surface area contributed by atoms with Gasteiger partial charge in [-0.15, -0.1) is 11.8 Å². The fourth-order valence-corrected chi connectivity index (χ4v) is 0.563. The minimum absolute atomic E-state index is 0.478. The molecule has 0 bridgehead atoms. The van der Waals surface area contributed by atoms with Crippen LogP contribution in [-0.4, -0.2) is 23.7 Å². The van der Waals surface area contributed by atoms with E-state index in [1.54, 1.807) is 13.8 Å². The average Bonchev–Trinajstić information content (AvgIpc) is 1.97. The smallest absolute Gasteiger partial charge is 0.320 e. The molecule has 1 unspecified atom stereocenters. The minimum Gasteiger partial charge on any atom is -0.480 e. The number of aliphatic carboxylic acids is 1. The standard InChI is InChI=1S/C8H13NO2/c1-3-4-5-6-9-7(2)8(10)11/h7,9H,5-6H2,1-2H3,(H,10,11). The van der Waals surface area contributed by atoms with Gasteiger partial charge in [-0.1, -0.05) is 0 Å². The lowest BCUT2D eigenvalue weighted by atomic mass is 10.3. The summed E-state index contributed by atoms with van der Waals surface area (Å²) in [6.07, 6.45) is 0.702. The van der Waals surface area contributed by atoms with Crippen LogP contribution in [0.4, 0.5) is 0 Å². The monoisotopic (exact) mass is 155 g/mol. The molecule has 2 N–H and O–H groups in total. The normalized spacial score (nSPS) is 11.5. The van der Waals surface area contributed by atoms with Crippen LogP contribution in [0, 0.1) is 11.8 Å². The summed E-state index contributed by atoms with van der Waals surface area (Å²) in [6.45, 7) is 4.01. The van der Waals surface area contributed by atoms with Crippen molar-refractivity contribution in [2.75, 3.05) is 6.54 Å². The molecular formula is C8H13NO2. The van der Waals surface area contributed by atoms with Crippen molar-refractivity contribution < 1.29 is 9.90 Å². The summed E-state index contributed by atoms with van der Waals surface area (Å²) in [5, 5.41) is 11.3. The molecule has 0 saturated heterocycles. The van der Waals surface area contributed by atoms with Gasteiger partial charge in [0.1, 0.15) is 6.04 Å². The first-order chi connectivity index (χ1) is 5.18. The molecule has 0 rings (SSSR count). The van der Waals surface area contributed by atoms with Crippen LogP contribution in [-0.2, 0) is 4.79 Å². The van der Waals surface area contributed by atoms with Gasteiger partial charge in [0.2, 0.25) is 0 Å². The predicted molar refractivity (Wildman–Crippen MR) is 43.2 cm³/mol. The zero-order valence-corrected chi connectivity index (χ0v) is 6.85. The Morgan fingerprint density at radius 3 is 2.82 bits per heavy atom. The Bertz CT molecular complexity index is 178. The second-order valence-corrected chi connectivity index (χ2v) is 2.19. The molecule has 0 spiro atoms. The molecule has 3 heteroatoms. The van der Waals surface area contributed by atoms with Gasteiger partial charge in [-0.05, 0) is 13.8 Å². The highest BCUT2D eigenvalue weighted by atomic mass is 16.4. The third kappa shape index (κ3) is 5.43. The van der Waals surface area contributed by atoms with Crippen molar-refractivity contribution in [2.45, 2.75) is 26.3 Å². The van der Waals surface area contributed by atoms with Crippen LogP contribution >= 0.6 is 0 Å². The molecule has 0 aromatic carbocycles. The molecule has 0 radical (unpaired) electrons. The van der Waals surface area contributed by atoms with E-state index in [1.807, 2.05) is 0 Å². The van der Waals surface area contributed by atoms with E-state index >= 15 is 0 Å². The van der Waals surface area contributed by atoms with Crippen molar-refractivity contribution in [2.24, 2.45) is 0 Å². The maximum Gasteiger partial charge on any atom is 0.320 e. The van der Waals surface area contributed by atoms with Crippen molar-refractivity contribution in [3.05, 3.63) is 0 Å². The first kappa shape index (κ1) is 9.99. The highest BCUT2D eigenvalue weighted by molar-refractivity contribution is 5.72. The molecule has 1 atom stereocenters. The van der Waals surface area contributed by atoms with Crippen LogP contribution in [0.2, 0.25) is 0 Å². The Kier molecular flexibility index (Phi) is 5.22. The topological polar surface area (TPSA) is 49.3 Å². The Hall–Kier alpha value is -1.01. The van der Waals surface area contributed by atoms with E-state index in [0.717, 1.165) is 0 Å². The summed E-state index contributed by atoms with van der Waals surface area (Å²) in [6, 6.07) is -0.478. The van der Waals surface area contributed by atoms with Crippen LogP contribution in [0.25, 0.3) is 0 Å². The predicted octanol–water partition coefficient (Wildman–Crippen LogP) is 0.463. The fraction of sp³-hybridized carbons (Fsp3) is 0.625. The van der Waals surface area contributed by atoms with Crippen molar-refractivity contribution in [1.29, 1.82) is 0 Å². The van der Waals surface area contributed by atoms with Gasteiger partial charge in [0, 0.05) is 13.0 Å². The Labute approximate surface area is 66.8 Å². The maximum absolute atomic E-state index is 10.3. The molecule has 0 aromatic heterocycles. The molecular weight excluding hydrogens is 142 g/mol. The van der Waals surface area contributed by atoms with Gasteiger partial charge < -0.3 is 10.4 Å². The van der Waals surface area contributed by atoms with Crippen molar-refractivity contribution in [3.63, 3.8) is 0 Å². The van der Waals surface area contributed by atoms with Crippen LogP contribution < -0.4 is 5.32 Å². The lowest BCUT2D eigenvalue weighted by Gasteiger charge is -2.05. The lowest BCUT2D eigenvalue weighted by molar-refractivity contribution is -0.138. The number of nitrogens with one attached hydrogen (secondary N) is 1. The third-order valence-electron chi connectivity index (χ3n) is 1.25. The first-order valence-electron chi connectivity index (χ1n) is 3.54. The van der Waals surface area contributed by atoms with E-state index in [1.165, 1.54) is 0 Å². The second kappa shape index (κ2) is 5.75. The fourth-order valence-electron chi connectivity index (χ4n) is 0.563. The molecule has 0 fully saturated rings. The summed E-state index contributed by atoms with van der Waals surface area (Å²) >= 11 is 0. The summed E-state index contributed by atoms with van der Waals surface area (Å²) < 4.78 is 0. The average molecular weight is 155 g/mol. The van der Waals surface area contributed by atoms with Gasteiger partial charge in [-0.25, -0.2) is 0 Å². The summed E-state index contributed by atoms with van der Waals surface area (Å²) in [5.74, 6) is 4.75. The third-order valence-corrected chi connectivity index (χ3v) is 1.25. The second-order valence-electron chi connectivity index (χ2n) is 2.19. The number of hydrogen-bond donors (Lipinski definition) is 2. The maximum atomic E-state index is 10.3. The zero-order valence-electron chi connectivity index (χ0n) is 6.85. The number of carboxylic acids is 1. The molecule has 0 aliphatic rings. The molecule has 0 saturated carbocycles. The zero-order chi connectivity index (χ0) is 8.69. The Morgan fingerprint density at radius 1 is 1.73 bits per heavy atom. The highest BCUT2D eigenvalue weighted by Crippen LogP contribution is 1.81. The summed E-state index contributed by atoms with van der Waals surface area (Å²) in [5.41, 5.74) is 0. The molecule has 0 aromatic rings. The van der Waals surface area contributed by atoms with Crippen LogP contribution in [0.5, 0.6) is 0 Å². The molecule has 0 aliphatic carbocycles. The summed E-state index contributed by atoms with van der Waals surface area (Å²) in [4.78, 5) is 10.3. The number of rotatable bonds is 4. The van der Waals surface area contributed by atoms with Crippen molar-refractivity contribution in [1.82, 2.24) is 5.32 Å². The lowest BCUT2D eigenvalue weighted by Crippen LogP contribution is -2.34. The molecule has 0 amide bonds. The number of carbonyl (C=O) groups is 1. The van der Waals surface area contributed by atoms with Gasteiger partial charge >= 0.3 is 5.97 Å². The quantitative estimate of drug-likeness (QED) is 0.458. The SMILES string of the molecule is CC#CCCNC(C)C(=O)O. The Balaban J connectivity index is 3.36. The Morgan fingerprint density at radius 2 is 2.36 bits per heavy atom. The van der Waals surface area contributed by atoms with E-state index in [4.69, 9.17) is 5.11 Å². The van der Waals surface area contributed by atoms with E-state index in [-0.39, 0.29) is 0 Å². The molecule has 0 aliphatic heterocycles.